The van der Waals surface area contributed by atoms with Crippen molar-refractivity contribution < 1.29 is 13.3 Å². The molecule has 156 valence electrons. The summed E-state index contributed by atoms with van der Waals surface area (Å²) in [4.78, 5) is 20.9. The maximum atomic E-state index is 12.5. The molecule has 0 radical (unpaired) electrons. The van der Waals surface area contributed by atoms with Gasteiger partial charge in [-0.1, -0.05) is 42.8 Å². The molecule has 3 rings (SSSR count). The Bertz CT molecular complexity index is 1170. The Hall–Kier alpha value is -3.57. The van der Waals surface area contributed by atoms with E-state index in [-0.39, 0.29) is 16.5 Å². The average Bonchev–Trinajstić information content (AvgIpc) is 2.73. The Labute approximate surface area is 173 Å². The number of rotatable bonds is 8. The second-order valence-corrected chi connectivity index (χ2v) is 8.04. The zero-order valence-corrected chi connectivity index (χ0v) is 17.1. The molecule has 0 spiro atoms. The molecule has 0 unspecified atom stereocenters. The van der Waals surface area contributed by atoms with Gasteiger partial charge in [0.1, 0.15) is 6.33 Å². The molecule has 30 heavy (non-hydrogen) atoms. The third-order valence-electron chi connectivity index (χ3n) is 4.29. The molecular weight excluding hydrogens is 408 g/mol. The highest BCUT2D eigenvalue weighted by molar-refractivity contribution is 7.89. The smallest absolute Gasteiger partial charge is 0.334 e. The number of nitrogens with one attached hydrogen (secondary N) is 3. The molecule has 1 heterocycles. The monoisotopic (exact) mass is 428 g/mol. The first-order valence-electron chi connectivity index (χ1n) is 9.00. The molecule has 3 N–H and O–H groups in total. The van der Waals surface area contributed by atoms with Gasteiger partial charge in [0.05, 0.1) is 9.82 Å². The fraction of sp³-hybridized carbons (Fsp3) is 0.158. The summed E-state index contributed by atoms with van der Waals surface area (Å²) in [6.07, 6.45) is 1.82. The van der Waals surface area contributed by atoms with Crippen molar-refractivity contribution in [3.8, 4) is 0 Å². The second kappa shape index (κ2) is 8.84. The number of benzene rings is 2. The molecule has 0 atom stereocenters. The summed E-state index contributed by atoms with van der Waals surface area (Å²) in [6, 6.07) is 13.5. The summed E-state index contributed by atoms with van der Waals surface area (Å²) >= 11 is 0. The quantitative estimate of drug-likeness (QED) is 0.367. The van der Waals surface area contributed by atoms with Crippen LogP contribution in [0.3, 0.4) is 0 Å². The molecule has 0 aliphatic rings. The lowest BCUT2D eigenvalue weighted by atomic mass is 10.1. The van der Waals surface area contributed by atoms with Crippen molar-refractivity contribution in [3.05, 3.63) is 76.1 Å². The highest BCUT2D eigenvalue weighted by Gasteiger charge is 2.25. The number of hydrogen-bond acceptors (Lipinski definition) is 8. The molecule has 0 aliphatic heterocycles. The van der Waals surface area contributed by atoms with Gasteiger partial charge in [-0.15, -0.1) is 4.83 Å². The second-order valence-electron chi connectivity index (χ2n) is 6.36. The Kier molecular flexibility index (Phi) is 6.23. The van der Waals surface area contributed by atoms with Crippen molar-refractivity contribution in [2.45, 2.75) is 25.2 Å². The summed E-state index contributed by atoms with van der Waals surface area (Å²) in [5.74, 6) is -0.352. The van der Waals surface area contributed by atoms with E-state index in [0.29, 0.717) is 12.1 Å². The standard InChI is InChI=1S/C19H20N6O4S/c1-3-14-6-4-5-7-16(14)22-18-17(25(26)27)19(21-12-20-18)23-24-30(28,29)15-10-8-13(2)9-11-15/h4-12,24H,3H2,1-2H3,(H2,20,21,22,23). The van der Waals surface area contributed by atoms with E-state index < -0.39 is 20.6 Å². The molecule has 0 fully saturated rings. The third kappa shape index (κ3) is 4.70. The lowest BCUT2D eigenvalue weighted by Gasteiger charge is -2.13. The lowest BCUT2D eigenvalue weighted by molar-refractivity contribution is -0.383. The molecule has 0 aliphatic carbocycles. The maximum Gasteiger partial charge on any atom is 0.354 e. The summed E-state index contributed by atoms with van der Waals surface area (Å²) in [5, 5.41) is 14.6. The van der Waals surface area contributed by atoms with Gasteiger partial charge < -0.3 is 5.32 Å². The van der Waals surface area contributed by atoms with Crippen molar-refractivity contribution in [3.63, 3.8) is 0 Å². The number of nitro groups is 1. The molecule has 10 nitrogen and oxygen atoms in total. The fourth-order valence-corrected chi connectivity index (χ4v) is 3.55. The van der Waals surface area contributed by atoms with Gasteiger partial charge in [0.2, 0.25) is 11.6 Å². The minimum atomic E-state index is -3.96. The van der Waals surface area contributed by atoms with Gasteiger partial charge in [0, 0.05) is 5.69 Å². The van der Waals surface area contributed by atoms with Crippen molar-refractivity contribution in [2.75, 3.05) is 10.7 Å². The van der Waals surface area contributed by atoms with Crippen LogP contribution >= 0.6 is 0 Å². The summed E-state index contributed by atoms with van der Waals surface area (Å²) in [6.45, 7) is 3.79. The van der Waals surface area contributed by atoms with Gasteiger partial charge in [-0.25, -0.2) is 18.4 Å². The number of hydrogen-bond donors (Lipinski definition) is 3. The van der Waals surface area contributed by atoms with Crippen molar-refractivity contribution in [1.82, 2.24) is 14.8 Å². The predicted octanol–water partition coefficient (Wildman–Crippen LogP) is 3.30. The Morgan fingerprint density at radius 1 is 1.03 bits per heavy atom. The molecule has 0 amide bonds. The number of hydrazine groups is 1. The first-order valence-corrected chi connectivity index (χ1v) is 10.5. The Morgan fingerprint density at radius 2 is 1.70 bits per heavy atom. The van der Waals surface area contributed by atoms with E-state index in [1.165, 1.54) is 12.1 Å². The normalized spacial score (nSPS) is 11.1. The topological polar surface area (TPSA) is 139 Å². The molecule has 0 saturated carbocycles. The maximum absolute atomic E-state index is 12.5. The van der Waals surface area contributed by atoms with Gasteiger partial charge >= 0.3 is 5.69 Å². The van der Waals surface area contributed by atoms with Gasteiger partial charge in [-0.05, 0) is 37.1 Å². The molecule has 2 aromatic carbocycles. The van der Waals surface area contributed by atoms with Crippen LogP contribution in [0.1, 0.15) is 18.1 Å². The van der Waals surface area contributed by atoms with Gasteiger partial charge in [-0.3, -0.25) is 15.5 Å². The van der Waals surface area contributed by atoms with Gasteiger partial charge in [0.25, 0.3) is 10.0 Å². The van der Waals surface area contributed by atoms with E-state index in [2.05, 4.69) is 25.5 Å². The molecule has 11 heteroatoms. The number of sulfonamides is 1. The number of aryl methyl sites for hydroxylation is 2. The Morgan fingerprint density at radius 3 is 2.37 bits per heavy atom. The first-order chi connectivity index (χ1) is 14.3. The number of para-hydroxylation sites is 1. The average molecular weight is 428 g/mol. The fourth-order valence-electron chi connectivity index (χ4n) is 2.70. The van der Waals surface area contributed by atoms with Crippen molar-refractivity contribution >= 4 is 33.0 Å². The Balaban J connectivity index is 1.89. The van der Waals surface area contributed by atoms with Gasteiger partial charge in [-0.2, -0.15) is 0 Å². The van der Waals surface area contributed by atoms with Gasteiger partial charge in [0.15, 0.2) is 0 Å². The van der Waals surface area contributed by atoms with E-state index in [0.717, 1.165) is 17.5 Å². The highest BCUT2D eigenvalue weighted by atomic mass is 32.2. The molecular formula is C19H20N6O4S. The van der Waals surface area contributed by atoms with Crippen LogP contribution in [-0.4, -0.2) is 23.3 Å². The minimum Gasteiger partial charge on any atom is -0.334 e. The third-order valence-corrected chi connectivity index (χ3v) is 5.55. The summed E-state index contributed by atoms with van der Waals surface area (Å²) in [7, 11) is -3.96. The van der Waals surface area contributed by atoms with Crippen LogP contribution in [0.4, 0.5) is 23.0 Å². The van der Waals surface area contributed by atoms with Crippen molar-refractivity contribution in [1.29, 1.82) is 0 Å². The number of anilines is 3. The molecule has 0 bridgehead atoms. The van der Waals surface area contributed by atoms with Crippen LogP contribution in [0.15, 0.2) is 59.8 Å². The molecule has 3 aromatic rings. The summed E-state index contributed by atoms with van der Waals surface area (Å²) < 4.78 is 24.9. The van der Waals surface area contributed by atoms with E-state index in [1.54, 1.807) is 24.3 Å². The van der Waals surface area contributed by atoms with Crippen LogP contribution in [0.2, 0.25) is 0 Å². The summed E-state index contributed by atoms with van der Waals surface area (Å²) in [5.41, 5.74) is 4.35. The van der Waals surface area contributed by atoms with E-state index in [1.807, 2.05) is 26.0 Å². The van der Waals surface area contributed by atoms with Crippen LogP contribution in [0, 0.1) is 17.0 Å². The highest BCUT2D eigenvalue weighted by Crippen LogP contribution is 2.32. The first kappa shape index (κ1) is 21.1. The zero-order valence-electron chi connectivity index (χ0n) is 16.3. The number of aromatic nitrogens is 2. The van der Waals surface area contributed by atoms with Crippen LogP contribution < -0.4 is 15.6 Å². The molecule has 0 saturated heterocycles. The van der Waals surface area contributed by atoms with Crippen LogP contribution in [0.25, 0.3) is 0 Å². The molecule has 1 aromatic heterocycles. The van der Waals surface area contributed by atoms with Crippen molar-refractivity contribution in [2.24, 2.45) is 0 Å². The number of nitrogens with zero attached hydrogens (tertiary/aromatic N) is 3. The lowest BCUT2D eigenvalue weighted by Crippen LogP contribution is -2.30. The predicted molar refractivity (Wildman–Crippen MR) is 113 cm³/mol. The largest absolute Gasteiger partial charge is 0.354 e. The van der Waals surface area contributed by atoms with E-state index in [9.17, 15) is 18.5 Å². The van der Waals surface area contributed by atoms with Crippen LogP contribution in [0.5, 0.6) is 0 Å². The van der Waals surface area contributed by atoms with E-state index >= 15 is 0 Å². The SMILES string of the molecule is CCc1ccccc1Nc1ncnc(NNS(=O)(=O)c2ccc(C)cc2)c1[N+](=O)[O-]. The zero-order chi connectivity index (χ0) is 21.7. The van der Waals surface area contributed by atoms with E-state index in [4.69, 9.17) is 0 Å². The van der Waals surface area contributed by atoms with Crippen LogP contribution in [-0.2, 0) is 16.4 Å². The minimum absolute atomic E-state index is 0.00697.